The van der Waals surface area contributed by atoms with Gasteiger partial charge in [0, 0.05) is 13.1 Å². The van der Waals surface area contributed by atoms with Crippen molar-refractivity contribution < 1.29 is 14.7 Å². The number of hydrogen-bond acceptors (Lipinski definition) is 4. The molecule has 0 spiro atoms. The number of carbonyl (C=O) groups excluding carboxylic acids is 2. The zero-order chi connectivity index (χ0) is 16.8. The summed E-state index contributed by atoms with van der Waals surface area (Å²) in [5, 5.41) is 14.6. The van der Waals surface area contributed by atoms with Crippen LogP contribution in [0.15, 0.2) is 42.5 Å². The van der Waals surface area contributed by atoms with E-state index in [1.54, 1.807) is 12.1 Å². The number of phenols is 1. The summed E-state index contributed by atoms with van der Waals surface area (Å²) in [7, 11) is 0. The number of benzene rings is 2. The van der Waals surface area contributed by atoms with Gasteiger partial charge in [-0.15, -0.1) is 0 Å². The van der Waals surface area contributed by atoms with Gasteiger partial charge in [0.1, 0.15) is 5.75 Å². The van der Waals surface area contributed by atoms with Crippen molar-refractivity contribution in [1.29, 1.82) is 0 Å². The third kappa shape index (κ3) is 4.55. The van der Waals surface area contributed by atoms with Gasteiger partial charge in [-0.25, -0.2) is 0 Å². The lowest BCUT2D eigenvalue weighted by Gasteiger charge is -2.09. The quantitative estimate of drug-likeness (QED) is 0.506. The van der Waals surface area contributed by atoms with E-state index in [0.717, 1.165) is 16.7 Å². The lowest BCUT2D eigenvalue weighted by atomic mass is 10.1. The summed E-state index contributed by atoms with van der Waals surface area (Å²) in [5.74, 6) is -1.70. The highest BCUT2D eigenvalue weighted by atomic mass is 16.3. The Balaban J connectivity index is 1.94. The third-order valence-corrected chi connectivity index (χ3v) is 3.29. The highest BCUT2D eigenvalue weighted by Gasteiger charge is 2.15. The normalized spacial score (nSPS) is 10.2. The minimum atomic E-state index is -0.833. The van der Waals surface area contributed by atoms with Crippen molar-refractivity contribution in [2.45, 2.75) is 20.0 Å². The molecule has 0 aliphatic rings. The summed E-state index contributed by atoms with van der Waals surface area (Å²) in [6, 6.07) is 12.2. The number of aromatic hydroxyl groups is 1. The maximum atomic E-state index is 11.9. The van der Waals surface area contributed by atoms with E-state index in [4.69, 9.17) is 5.73 Å². The van der Waals surface area contributed by atoms with E-state index in [1.807, 2.05) is 31.2 Å². The van der Waals surface area contributed by atoms with Gasteiger partial charge in [-0.2, -0.15) is 0 Å². The molecule has 6 nitrogen and oxygen atoms in total. The Labute approximate surface area is 134 Å². The highest BCUT2D eigenvalue weighted by molar-refractivity contribution is 6.39. The van der Waals surface area contributed by atoms with Crippen molar-refractivity contribution in [3.8, 4) is 5.75 Å². The maximum Gasteiger partial charge on any atom is 0.313 e. The fraction of sp³-hybridized carbons (Fsp3) is 0.176. The molecular formula is C17H19N3O3. The van der Waals surface area contributed by atoms with E-state index in [2.05, 4.69) is 10.6 Å². The van der Waals surface area contributed by atoms with E-state index in [-0.39, 0.29) is 18.0 Å². The van der Waals surface area contributed by atoms with E-state index in [1.165, 1.54) is 6.07 Å². The van der Waals surface area contributed by atoms with Crippen LogP contribution in [0.3, 0.4) is 0 Å². The van der Waals surface area contributed by atoms with Gasteiger partial charge in [0.25, 0.3) is 0 Å². The molecule has 0 fully saturated rings. The number of carbonyl (C=O) groups is 2. The second-order valence-electron chi connectivity index (χ2n) is 5.18. The fourth-order valence-electron chi connectivity index (χ4n) is 2.06. The molecule has 120 valence electrons. The summed E-state index contributed by atoms with van der Waals surface area (Å²) in [6.07, 6.45) is 0. The number of amides is 2. The number of nitrogens with one attached hydrogen (secondary N) is 2. The highest BCUT2D eigenvalue weighted by Crippen LogP contribution is 2.23. The van der Waals surface area contributed by atoms with Gasteiger partial charge >= 0.3 is 11.8 Å². The lowest BCUT2D eigenvalue weighted by molar-refractivity contribution is -0.136. The molecule has 0 heterocycles. The van der Waals surface area contributed by atoms with Crippen LogP contribution in [0, 0.1) is 6.92 Å². The van der Waals surface area contributed by atoms with Crippen molar-refractivity contribution >= 4 is 17.5 Å². The smallest absolute Gasteiger partial charge is 0.313 e. The topological polar surface area (TPSA) is 104 Å². The van der Waals surface area contributed by atoms with Crippen LogP contribution in [0.25, 0.3) is 0 Å². The second-order valence-corrected chi connectivity index (χ2v) is 5.18. The molecule has 0 bridgehead atoms. The number of rotatable bonds is 4. The molecule has 0 aliphatic carbocycles. The molecule has 2 aromatic carbocycles. The summed E-state index contributed by atoms with van der Waals surface area (Å²) in [4.78, 5) is 23.7. The molecule has 0 atom stereocenters. The van der Waals surface area contributed by atoms with Crippen LogP contribution in [0.5, 0.6) is 5.75 Å². The molecular weight excluding hydrogens is 294 g/mol. The number of hydrogen-bond donors (Lipinski definition) is 4. The molecule has 0 aliphatic heterocycles. The molecule has 0 saturated carbocycles. The standard InChI is InChI=1S/C17H19N3O3/c1-11-5-6-15(21)14(7-11)20-17(23)16(22)19-10-13-4-2-3-12(8-13)9-18/h2-8,21H,9-10,18H2,1H3,(H,19,22)(H,20,23). The minimum Gasteiger partial charge on any atom is -0.506 e. The molecule has 5 N–H and O–H groups in total. The Morgan fingerprint density at radius 1 is 1.09 bits per heavy atom. The first-order valence-corrected chi connectivity index (χ1v) is 7.16. The van der Waals surface area contributed by atoms with Crippen LogP contribution in [-0.2, 0) is 22.7 Å². The van der Waals surface area contributed by atoms with Crippen molar-refractivity contribution in [3.63, 3.8) is 0 Å². The predicted molar refractivity (Wildman–Crippen MR) is 87.7 cm³/mol. The summed E-state index contributed by atoms with van der Waals surface area (Å²) >= 11 is 0. The molecule has 2 aromatic rings. The van der Waals surface area contributed by atoms with Gasteiger partial charge in [-0.05, 0) is 35.7 Å². The summed E-state index contributed by atoms with van der Waals surface area (Å²) in [5.41, 5.74) is 8.43. The minimum absolute atomic E-state index is 0.0904. The Kier molecular flexibility index (Phi) is 5.32. The molecule has 0 saturated heterocycles. The summed E-state index contributed by atoms with van der Waals surface area (Å²) < 4.78 is 0. The lowest BCUT2D eigenvalue weighted by Crippen LogP contribution is -2.35. The molecule has 23 heavy (non-hydrogen) atoms. The number of aryl methyl sites for hydroxylation is 1. The van der Waals surface area contributed by atoms with Crippen LogP contribution in [0.1, 0.15) is 16.7 Å². The van der Waals surface area contributed by atoms with E-state index >= 15 is 0 Å². The van der Waals surface area contributed by atoms with Crippen LogP contribution < -0.4 is 16.4 Å². The molecule has 0 radical (unpaired) electrons. The Morgan fingerprint density at radius 3 is 2.57 bits per heavy atom. The van der Waals surface area contributed by atoms with Crippen LogP contribution in [0.2, 0.25) is 0 Å². The zero-order valence-corrected chi connectivity index (χ0v) is 12.8. The van der Waals surface area contributed by atoms with Crippen molar-refractivity contribution in [2.24, 2.45) is 5.73 Å². The molecule has 0 aromatic heterocycles. The molecule has 0 unspecified atom stereocenters. The Hall–Kier alpha value is -2.86. The summed E-state index contributed by atoms with van der Waals surface area (Å²) in [6.45, 7) is 2.45. The largest absolute Gasteiger partial charge is 0.506 e. The maximum absolute atomic E-state index is 11.9. The van der Waals surface area contributed by atoms with Gasteiger partial charge in [0.15, 0.2) is 0 Å². The third-order valence-electron chi connectivity index (χ3n) is 3.29. The van der Waals surface area contributed by atoms with E-state index in [0.29, 0.717) is 6.54 Å². The monoisotopic (exact) mass is 313 g/mol. The van der Waals surface area contributed by atoms with Crippen LogP contribution in [-0.4, -0.2) is 16.9 Å². The average molecular weight is 313 g/mol. The second kappa shape index (κ2) is 7.42. The van der Waals surface area contributed by atoms with Crippen molar-refractivity contribution in [1.82, 2.24) is 5.32 Å². The number of nitrogens with two attached hydrogens (primary N) is 1. The molecule has 6 heteroatoms. The first kappa shape index (κ1) is 16.5. The van der Waals surface area contributed by atoms with Crippen LogP contribution in [0.4, 0.5) is 5.69 Å². The van der Waals surface area contributed by atoms with Crippen molar-refractivity contribution in [2.75, 3.05) is 5.32 Å². The van der Waals surface area contributed by atoms with Gasteiger partial charge in [-0.1, -0.05) is 30.3 Å². The van der Waals surface area contributed by atoms with Gasteiger partial charge in [0.2, 0.25) is 0 Å². The Morgan fingerprint density at radius 2 is 1.83 bits per heavy atom. The van der Waals surface area contributed by atoms with Gasteiger partial charge < -0.3 is 21.5 Å². The average Bonchev–Trinajstić information content (AvgIpc) is 2.56. The van der Waals surface area contributed by atoms with Crippen molar-refractivity contribution in [3.05, 3.63) is 59.2 Å². The number of anilines is 1. The fourth-order valence-corrected chi connectivity index (χ4v) is 2.06. The number of phenolic OH excluding ortho intramolecular Hbond substituents is 1. The van der Waals surface area contributed by atoms with E-state index in [9.17, 15) is 14.7 Å². The SMILES string of the molecule is Cc1ccc(O)c(NC(=O)C(=O)NCc2cccc(CN)c2)c1. The molecule has 2 rings (SSSR count). The zero-order valence-electron chi connectivity index (χ0n) is 12.8. The van der Waals surface area contributed by atoms with Gasteiger partial charge in [-0.3, -0.25) is 9.59 Å². The predicted octanol–water partition coefficient (Wildman–Crippen LogP) is 1.41. The first-order chi connectivity index (χ1) is 11.0. The Bertz CT molecular complexity index is 729. The first-order valence-electron chi connectivity index (χ1n) is 7.16. The molecule has 2 amide bonds. The van der Waals surface area contributed by atoms with Gasteiger partial charge in [0.05, 0.1) is 5.69 Å². The van der Waals surface area contributed by atoms with E-state index < -0.39 is 11.8 Å². The van der Waals surface area contributed by atoms with Crippen LogP contribution >= 0.6 is 0 Å².